The maximum Gasteiger partial charge on any atom is 0.421 e. The quantitative estimate of drug-likeness (QED) is 0.0682. The minimum absolute atomic E-state index is 0.00448. The van der Waals surface area contributed by atoms with E-state index in [2.05, 4.69) is 5.32 Å². The highest BCUT2D eigenvalue weighted by Crippen LogP contribution is 2.44. The van der Waals surface area contributed by atoms with Gasteiger partial charge in [0, 0.05) is 50.5 Å². The van der Waals surface area contributed by atoms with Crippen LogP contribution in [0.1, 0.15) is 79.7 Å². The summed E-state index contributed by atoms with van der Waals surface area (Å²) in [7, 11) is 1.41. The summed E-state index contributed by atoms with van der Waals surface area (Å²) in [5.74, 6) is -3.78. The minimum atomic E-state index is -1.41. The Morgan fingerprint density at radius 3 is 2.16 bits per heavy atom. The number of hydrogen-bond acceptors (Lipinski definition) is 13. The van der Waals surface area contributed by atoms with E-state index in [4.69, 9.17) is 28.4 Å². The van der Waals surface area contributed by atoms with Crippen molar-refractivity contribution in [3.63, 3.8) is 0 Å². The molecule has 16 nitrogen and oxygen atoms in total. The van der Waals surface area contributed by atoms with Gasteiger partial charge in [0.05, 0.1) is 34.7 Å². The number of hydrogen-bond donors (Lipinski definition) is 1. The number of benzene rings is 1. The highest BCUT2D eigenvalue weighted by Gasteiger charge is 2.43. The number of esters is 3. The van der Waals surface area contributed by atoms with E-state index in [0.29, 0.717) is 0 Å². The lowest BCUT2D eigenvalue weighted by atomic mass is 9.79. The Balaban J connectivity index is 2.42. The third-order valence-corrected chi connectivity index (χ3v) is 6.72. The van der Waals surface area contributed by atoms with Crippen LogP contribution in [0.5, 0.6) is 0 Å². The summed E-state index contributed by atoms with van der Waals surface area (Å²) in [4.78, 5) is 77.1. The number of nitro groups is 1. The molecule has 1 aromatic carbocycles. The lowest BCUT2D eigenvalue weighted by Gasteiger charge is -2.36. The van der Waals surface area contributed by atoms with Crippen LogP contribution >= 0.6 is 0 Å². The minimum Gasteiger partial charge on any atom is -0.460 e. The first kappa shape index (κ1) is 40.2. The van der Waals surface area contributed by atoms with Crippen molar-refractivity contribution < 1.29 is 57.3 Å². The van der Waals surface area contributed by atoms with E-state index < -0.39 is 58.9 Å². The van der Waals surface area contributed by atoms with Gasteiger partial charge in [-0.1, -0.05) is 12.1 Å². The van der Waals surface area contributed by atoms with E-state index in [1.54, 1.807) is 34.6 Å². The number of nitrogens with zero attached hydrogens (tertiary/aromatic N) is 2. The molecule has 0 aliphatic carbocycles. The molecule has 1 N–H and O–H groups in total. The van der Waals surface area contributed by atoms with Crippen molar-refractivity contribution in [1.29, 1.82) is 0 Å². The Bertz CT molecular complexity index is 1480. The predicted molar refractivity (Wildman–Crippen MR) is 173 cm³/mol. The van der Waals surface area contributed by atoms with Crippen molar-refractivity contribution in [2.45, 2.75) is 92.1 Å². The van der Waals surface area contributed by atoms with Gasteiger partial charge in [-0.3, -0.25) is 19.8 Å². The summed E-state index contributed by atoms with van der Waals surface area (Å²) < 4.78 is 31.6. The molecule has 0 fully saturated rings. The Labute approximate surface area is 284 Å². The third kappa shape index (κ3) is 11.9. The average Bonchev–Trinajstić information content (AvgIpc) is 2.97. The van der Waals surface area contributed by atoms with Crippen molar-refractivity contribution in [1.82, 2.24) is 10.2 Å². The number of allylic oxidation sites excluding steroid dienone is 2. The lowest BCUT2D eigenvalue weighted by Crippen LogP contribution is -2.40. The number of alkyl carbamates (subject to hydrolysis) is 1. The van der Waals surface area contributed by atoms with Gasteiger partial charge in [0.2, 0.25) is 6.29 Å². The maximum absolute atomic E-state index is 13.6. The number of carbonyl (C=O) groups excluding carboxylic acids is 5. The second-order valence-electron chi connectivity index (χ2n) is 12.2. The molecule has 0 saturated carbocycles. The first-order valence-electron chi connectivity index (χ1n) is 15.6. The van der Waals surface area contributed by atoms with Crippen LogP contribution in [0.4, 0.5) is 15.3 Å². The van der Waals surface area contributed by atoms with Crippen molar-refractivity contribution in [3.8, 4) is 0 Å². The number of nitro benzene ring substituents is 1. The Kier molecular flexibility index (Phi) is 14.7. The second-order valence-corrected chi connectivity index (χ2v) is 12.2. The molecular weight excluding hydrogens is 646 g/mol. The number of ether oxygens (including phenoxy) is 6. The highest BCUT2D eigenvalue weighted by atomic mass is 16.7. The zero-order chi connectivity index (χ0) is 37.1. The van der Waals surface area contributed by atoms with E-state index in [0.717, 1.165) is 4.90 Å². The van der Waals surface area contributed by atoms with Crippen LogP contribution in [0, 0.1) is 10.1 Å². The molecule has 1 aromatic rings. The molecule has 0 aromatic heterocycles. The number of carbonyl (C=O) groups is 5. The van der Waals surface area contributed by atoms with Crippen LogP contribution in [-0.2, 0) is 42.8 Å². The molecule has 1 aliphatic heterocycles. The molecule has 2 unspecified atom stereocenters. The number of nitrogens with one attached hydrogen (secondary N) is 1. The van der Waals surface area contributed by atoms with Gasteiger partial charge in [-0.15, -0.1) is 0 Å². The van der Waals surface area contributed by atoms with Gasteiger partial charge in [0.1, 0.15) is 12.2 Å². The molecule has 0 spiro atoms. The normalized spacial score (nSPS) is 15.4. The number of rotatable bonds is 14. The monoisotopic (exact) mass is 691 g/mol. The van der Waals surface area contributed by atoms with Gasteiger partial charge in [-0.25, -0.2) is 19.2 Å². The van der Waals surface area contributed by atoms with Gasteiger partial charge < -0.3 is 33.7 Å². The summed E-state index contributed by atoms with van der Waals surface area (Å²) in [6, 6.07) is 5.38. The second kappa shape index (κ2) is 18.0. The van der Waals surface area contributed by atoms with Gasteiger partial charge in [-0.2, -0.15) is 0 Å². The third-order valence-electron chi connectivity index (χ3n) is 6.72. The van der Waals surface area contributed by atoms with E-state index in [1.807, 2.05) is 0 Å². The van der Waals surface area contributed by atoms with Gasteiger partial charge in [-0.05, 0) is 60.5 Å². The summed E-state index contributed by atoms with van der Waals surface area (Å²) in [6.45, 7) is 12.5. The zero-order valence-electron chi connectivity index (χ0n) is 29.3. The van der Waals surface area contributed by atoms with Crippen LogP contribution in [0.15, 0.2) is 46.8 Å². The molecule has 0 bridgehead atoms. The maximum atomic E-state index is 13.6. The summed E-state index contributed by atoms with van der Waals surface area (Å²) in [6.07, 6.45) is -3.66. The molecule has 0 saturated heterocycles. The lowest BCUT2D eigenvalue weighted by molar-refractivity contribution is -0.384. The topological polar surface area (TPSA) is 199 Å². The average molecular weight is 692 g/mol. The fourth-order valence-electron chi connectivity index (χ4n) is 4.78. The first-order valence-corrected chi connectivity index (χ1v) is 15.6. The van der Waals surface area contributed by atoms with E-state index in [9.17, 15) is 34.1 Å². The summed E-state index contributed by atoms with van der Waals surface area (Å²) in [5.41, 5.74) is -1.14. The van der Waals surface area contributed by atoms with Crippen LogP contribution in [-0.4, -0.2) is 84.8 Å². The van der Waals surface area contributed by atoms with Gasteiger partial charge in [0.25, 0.3) is 5.69 Å². The highest BCUT2D eigenvalue weighted by molar-refractivity contribution is 6.01. The predicted octanol–water partition coefficient (Wildman–Crippen LogP) is 5.01. The molecule has 1 aliphatic rings. The SMILES string of the molecule is COCCOC(=O)C1=C(C)N(C(=O)OC(C)OC(=O)CCCNC(=O)OC(C)(C)C)C(C)=C(C(=O)OC(C)C)C1c1cccc([N+](=O)[O-])c1. The first-order chi connectivity index (χ1) is 22.9. The molecule has 2 atom stereocenters. The number of non-ortho nitro benzene ring substituents is 1. The van der Waals surface area contributed by atoms with Gasteiger partial charge in [0.15, 0.2) is 0 Å². The van der Waals surface area contributed by atoms with Crippen molar-refractivity contribution in [2.24, 2.45) is 0 Å². The fourth-order valence-corrected chi connectivity index (χ4v) is 4.78. The number of methoxy groups -OCH3 is 1. The van der Waals surface area contributed by atoms with E-state index >= 15 is 0 Å². The molecule has 2 rings (SSSR count). The molecule has 270 valence electrons. The van der Waals surface area contributed by atoms with Crippen LogP contribution in [0.25, 0.3) is 0 Å². The van der Waals surface area contributed by atoms with E-state index in [-0.39, 0.29) is 66.4 Å². The summed E-state index contributed by atoms with van der Waals surface area (Å²) in [5, 5.41) is 14.2. The molecule has 2 amide bonds. The standard InChI is InChI=1S/C33H45N3O13/c1-19(2)46-30(39)27-21(4)35(32(41)48-22(5)47-25(37)14-11-15-34-31(40)49-33(6,7)8)20(3)26(29(38)45-17-16-44-9)28(27)23-12-10-13-24(18-23)36(42)43/h10,12-13,18-19,22,28H,11,14-17H2,1-9H3,(H,34,40). The molecule has 0 radical (unpaired) electrons. The Morgan fingerprint density at radius 1 is 0.959 bits per heavy atom. The molecule has 16 heteroatoms. The molecule has 49 heavy (non-hydrogen) atoms. The zero-order valence-corrected chi connectivity index (χ0v) is 29.3. The molecular formula is C33H45N3O13. The summed E-state index contributed by atoms with van der Waals surface area (Å²) >= 11 is 0. The Morgan fingerprint density at radius 2 is 1.59 bits per heavy atom. The Hall–Kier alpha value is -4.99. The van der Waals surface area contributed by atoms with Crippen molar-refractivity contribution >= 4 is 35.8 Å². The van der Waals surface area contributed by atoms with Crippen LogP contribution < -0.4 is 5.32 Å². The smallest absolute Gasteiger partial charge is 0.421 e. The molecule has 1 heterocycles. The number of amides is 2. The van der Waals surface area contributed by atoms with E-state index in [1.165, 1.54) is 52.1 Å². The van der Waals surface area contributed by atoms with Crippen LogP contribution in [0.2, 0.25) is 0 Å². The van der Waals surface area contributed by atoms with Crippen molar-refractivity contribution in [3.05, 3.63) is 62.5 Å². The fraction of sp³-hybridized carbons (Fsp3) is 0.545. The largest absolute Gasteiger partial charge is 0.460 e. The van der Waals surface area contributed by atoms with Crippen molar-refractivity contribution in [2.75, 3.05) is 26.9 Å². The van der Waals surface area contributed by atoms with Gasteiger partial charge >= 0.3 is 30.1 Å². The van der Waals surface area contributed by atoms with Crippen LogP contribution in [0.3, 0.4) is 0 Å².